The van der Waals surface area contributed by atoms with E-state index in [2.05, 4.69) is 0 Å². The van der Waals surface area contributed by atoms with E-state index in [0.717, 1.165) is 17.1 Å². The Kier molecular flexibility index (Phi) is 6.38. The molecule has 7 heteroatoms. The molecule has 0 fully saturated rings. The summed E-state index contributed by atoms with van der Waals surface area (Å²) in [5.74, 6) is 0.298. The molecule has 0 unspecified atom stereocenters. The molecule has 0 aliphatic carbocycles. The molecular weight excluding hydrogens is 384 g/mol. The van der Waals surface area contributed by atoms with Gasteiger partial charge in [0.2, 0.25) is 5.78 Å². The Labute approximate surface area is 174 Å². The zero-order chi connectivity index (χ0) is 21.7. The standard InChI is InChI=1S/C23H22N2O5/c1-15-11-21(16(2)25(15)13-20-5-4-10-28-20)22(26)14-29-23(27)17(3)30-19-8-6-18(12-24)7-9-19/h4-11,17H,13-14H2,1-3H3/t17-/m0/s1. The van der Waals surface area contributed by atoms with E-state index in [1.165, 1.54) is 0 Å². The first kappa shape index (κ1) is 20.9. The van der Waals surface area contributed by atoms with E-state index in [1.807, 2.05) is 36.6 Å². The number of aryl methyl sites for hydroxylation is 1. The molecule has 0 amide bonds. The maximum atomic E-state index is 12.6. The van der Waals surface area contributed by atoms with Gasteiger partial charge in [-0.25, -0.2) is 4.79 Å². The Morgan fingerprint density at radius 3 is 2.57 bits per heavy atom. The molecule has 2 aromatic heterocycles. The molecule has 0 radical (unpaired) electrons. The van der Waals surface area contributed by atoms with Crippen molar-refractivity contribution in [1.29, 1.82) is 5.26 Å². The summed E-state index contributed by atoms with van der Waals surface area (Å²) in [5.41, 5.74) is 2.70. The van der Waals surface area contributed by atoms with E-state index in [0.29, 0.717) is 23.4 Å². The lowest BCUT2D eigenvalue weighted by molar-refractivity contribution is -0.149. The van der Waals surface area contributed by atoms with Gasteiger partial charge in [0, 0.05) is 17.0 Å². The second-order valence-corrected chi connectivity index (χ2v) is 6.88. The number of carbonyl (C=O) groups excluding carboxylic acids is 2. The number of esters is 1. The van der Waals surface area contributed by atoms with Crippen molar-refractivity contribution in [1.82, 2.24) is 4.57 Å². The van der Waals surface area contributed by atoms with E-state index in [-0.39, 0.29) is 12.4 Å². The second-order valence-electron chi connectivity index (χ2n) is 6.88. The van der Waals surface area contributed by atoms with Gasteiger partial charge in [-0.15, -0.1) is 0 Å². The van der Waals surface area contributed by atoms with E-state index >= 15 is 0 Å². The molecule has 30 heavy (non-hydrogen) atoms. The maximum absolute atomic E-state index is 12.6. The molecule has 0 saturated carbocycles. The third kappa shape index (κ3) is 4.78. The molecule has 0 spiro atoms. The van der Waals surface area contributed by atoms with Gasteiger partial charge in [0.05, 0.1) is 24.4 Å². The van der Waals surface area contributed by atoms with Crippen molar-refractivity contribution in [2.24, 2.45) is 0 Å². The Morgan fingerprint density at radius 1 is 1.20 bits per heavy atom. The normalized spacial score (nSPS) is 11.5. The van der Waals surface area contributed by atoms with Crippen LogP contribution in [0.4, 0.5) is 0 Å². The van der Waals surface area contributed by atoms with Crippen LogP contribution in [0, 0.1) is 25.2 Å². The van der Waals surface area contributed by atoms with Gasteiger partial charge in [-0.05, 0) is 63.2 Å². The molecule has 1 atom stereocenters. The SMILES string of the molecule is Cc1cc(C(=O)COC(=O)[C@H](C)Oc2ccc(C#N)cc2)c(C)n1Cc1ccco1. The minimum absolute atomic E-state index is 0.285. The molecule has 3 rings (SSSR count). The van der Waals surface area contributed by atoms with Crippen LogP contribution >= 0.6 is 0 Å². The van der Waals surface area contributed by atoms with Crippen LogP contribution in [0.25, 0.3) is 0 Å². The average molecular weight is 406 g/mol. The van der Waals surface area contributed by atoms with Crippen molar-refractivity contribution in [3.05, 3.63) is 77.0 Å². The third-order valence-corrected chi connectivity index (χ3v) is 4.74. The fourth-order valence-electron chi connectivity index (χ4n) is 3.08. The number of carbonyl (C=O) groups is 2. The lowest BCUT2D eigenvalue weighted by Gasteiger charge is -2.14. The van der Waals surface area contributed by atoms with Crippen LogP contribution in [0.3, 0.4) is 0 Å². The topological polar surface area (TPSA) is 94.5 Å². The predicted molar refractivity (Wildman–Crippen MR) is 108 cm³/mol. The lowest BCUT2D eigenvalue weighted by atomic mass is 10.1. The summed E-state index contributed by atoms with van der Waals surface area (Å²) in [7, 11) is 0. The number of ketones is 1. The summed E-state index contributed by atoms with van der Waals surface area (Å²) in [6.45, 7) is 5.45. The summed E-state index contributed by atoms with van der Waals surface area (Å²) in [6.07, 6.45) is 0.716. The quantitative estimate of drug-likeness (QED) is 0.417. The van der Waals surface area contributed by atoms with Gasteiger partial charge in [0.25, 0.3) is 0 Å². The number of furan rings is 1. The third-order valence-electron chi connectivity index (χ3n) is 4.74. The fourth-order valence-corrected chi connectivity index (χ4v) is 3.08. The Balaban J connectivity index is 1.58. The largest absolute Gasteiger partial charge is 0.479 e. The molecule has 154 valence electrons. The highest BCUT2D eigenvalue weighted by Gasteiger charge is 2.21. The fraction of sp³-hybridized carbons (Fsp3) is 0.261. The second kappa shape index (κ2) is 9.14. The van der Waals surface area contributed by atoms with Crippen LogP contribution in [0.1, 0.15) is 40.0 Å². The van der Waals surface area contributed by atoms with Gasteiger partial charge in [-0.1, -0.05) is 0 Å². The van der Waals surface area contributed by atoms with Crippen LogP contribution in [-0.4, -0.2) is 29.0 Å². The van der Waals surface area contributed by atoms with E-state index in [9.17, 15) is 9.59 Å². The minimum Gasteiger partial charge on any atom is -0.479 e. The van der Waals surface area contributed by atoms with Crippen LogP contribution in [0.5, 0.6) is 5.75 Å². The van der Waals surface area contributed by atoms with Gasteiger partial charge in [-0.2, -0.15) is 5.26 Å². The molecule has 0 saturated heterocycles. The zero-order valence-electron chi connectivity index (χ0n) is 17.0. The van der Waals surface area contributed by atoms with Crippen LogP contribution in [0.15, 0.2) is 53.1 Å². The number of nitrogens with zero attached hydrogens (tertiary/aromatic N) is 2. The summed E-state index contributed by atoms with van der Waals surface area (Å²) in [5, 5.41) is 8.81. The number of ether oxygens (including phenoxy) is 2. The highest BCUT2D eigenvalue weighted by molar-refractivity contribution is 5.99. The van der Waals surface area contributed by atoms with Crippen LogP contribution < -0.4 is 4.74 Å². The van der Waals surface area contributed by atoms with Gasteiger partial charge >= 0.3 is 5.97 Å². The zero-order valence-corrected chi connectivity index (χ0v) is 17.0. The number of hydrogen-bond acceptors (Lipinski definition) is 6. The molecule has 7 nitrogen and oxygen atoms in total. The maximum Gasteiger partial charge on any atom is 0.347 e. The first-order chi connectivity index (χ1) is 14.4. The molecule has 0 aliphatic heterocycles. The van der Waals surface area contributed by atoms with E-state index < -0.39 is 12.1 Å². The predicted octanol–water partition coefficient (Wildman–Crippen LogP) is 3.81. The van der Waals surface area contributed by atoms with Gasteiger partial charge in [0.1, 0.15) is 11.5 Å². The number of rotatable bonds is 8. The summed E-state index contributed by atoms with van der Waals surface area (Å²) < 4.78 is 18.0. The minimum atomic E-state index is -0.892. The monoisotopic (exact) mass is 406 g/mol. The van der Waals surface area contributed by atoms with Gasteiger partial charge in [-0.3, -0.25) is 4.79 Å². The number of benzene rings is 1. The molecule has 2 heterocycles. The van der Waals surface area contributed by atoms with Crippen molar-refractivity contribution in [3.63, 3.8) is 0 Å². The summed E-state index contributed by atoms with van der Waals surface area (Å²) in [6, 6.07) is 13.9. The van der Waals surface area contributed by atoms with E-state index in [4.69, 9.17) is 19.2 Å². The molecule has 0 aliphatic rings. The first-order valence-corrected chi connectivity index (χ1v) is 9.44. The Morgan fingerprint density at radius 2 is 1.93 bits per heavy atom. The van der Waals surface area contributed by atoms with E-state index in [1.54, 1.807) is 43.5 Å². The number of nitriles is 1. The van der Waals surface area contributed by atoms with Crippen molar-refractivity contribution >= 4 is 11.8 Å². The summed E-state index contributed by atoms with van der Waals surface area (Å²) >= 11 is 0. The Hall–Kier alpha value is -3.79. The average Bonchev–Trinajstić information content (AvgIpc) is 3.36. The number of aromatic nitrogens is 1. The lowest BCUT2D eigenvalue weighted by Crippen LogP contribution is -2.28. The van der Waals surface area contributed by atoms with Crippen molar-refractivity contribution in [2.45, 2.75) is 33.4 Å². The smallest absolute Gasteiger partial charge is 0.347 e. The van der Waals surface area contributed by atoms with Gasteiger partial charge < -0.3 is 18.5 Å². The molecular formula is C23H22N2O5. The van der Waals surface area contributed by atoms with Crippen molar-refractivity contribution < 1.29 is 23.5 Å². The Bertz CT molecular complexity index is 1070. The number of Topliss-reactive ketones (excluding diaryl/α,β-unsaturated/α-hetero) is 1. The van der Waals surface area contributed by atoms with Crippen LogP contribution in [0.2, 0.25) is 0 Å². The van der Waals surface area contributed by atoms with Gasteiger partial charge in [0.15, 0.2) is 12.7 Å². The molecule has 1 aromatic carbocycles. The molecule has 0 N–H and O–H groups in total. The number of hydrogen-bond donors (Lipinski definition) is 0. The highest BCUT2D eigenvalue weighted by atomic mass is 16.6. The molecule has 3 aromatic rings. The first-order valence-electron chi connectivity index (χ1n) is 9.44. The summed E-state index contributed by atoms with van der Waals surface area (Å²) in [4.78, 5) is 24.8. The van der Waals surface area contributed by atoms with Crippen molar-refractivity contribution in [2.75, 3.05) is 6.61 Å². The van der Waals surface area contributed by atoms with Crippen molar-refractivity contribution in [3.8, 4) is 11.8 Å². The van der Waals surface area contributed by atoms with Crippen LogP contribution in [-0.2, 0) is 16.1 Å². The highest BCUT2D eigenvalue weighted by Crippen LogP contribution is 2.19. The molecule has 0 bridgehead atoms.